The molecule has 26 heavy (non-hydrogen) atoms. The molecule has 1 N–H and O–H groups in total. The fraction of sp³-hybridized carbons (Fsp3) is 0.591. The molecule has 0 radical (unpaired) electrons. The number of rotatable bonds is 2. The topological polar surface area (TPSA) is 54.4 Å². The van der Waals surface area contributed by atoms with Crippen LogP contribution in [-0.2, 0) is 9.59 Å². The number of hydrogen-bond donors (Lipinski definition) is 1. The first kappa shape index (κ1) is 20.3. The van der Waals surface area contributed by atoms with Crippen LogP contribution in [0.1, 0.15) is 52.9 Å². The van der Waals surface area contributed by atoms with Gasteiger partial charge in [0.1, 0.15) is 5.78 Å². The number of allylic oxidation sites excluding steroid dienone is 6. The van der Waals surface area contributed by atoms with Crippen molar-refractivity contribution in [2.45, 2.75) is 58.5 Å². The maximum Gasteiger partial charge on any atom is 0.178 e. The number of hydrogen-bond acceptors (Lipinski definition) is 3. The van der Waals surface area contributed by atoms with Gasteiger partial charge in [0.2, 0.25) is 0 Å². The molecule has 5 atom stereocenters. The van der Waals surface area contributed by atoms with Crippen molar-refractivity contribution in [3.8, 4) is 0 Å². The van der Waals surface area contributed by atoms with Crippen molar-refractivity contribution in [2.24, 2.45) is 22.7 Å². The zero-order chi connectivity index (χ0) is 18.0. The van der Waals surface area contributed by atoms with E-state index >= 15 is 0 Å². The molecule has 4 aliphatic carbocycles. The third kappa shape index (κ3) is 2.48. The van der Waals surface area contributed by atoms with Crippen LogP contribution in [0, 0.1) is 60.2 Å². The second-order valence-electron chi connectivity index (χ2n) is 8.62. The standard InChI is InChI=1S/C22H27O3.U/c1-4-19(24)22(25)12-9-18-16-6-5-14-13-15(23)7-10-20(14,2)17(16)8-11-21(18,22)3;/h7-8,10,12-13,16,18,25H,4-6,9,11H2,1-3H3;/q-1;/t16?,18?,20-,21-,22-;/m0./s1. The van der Waals surface area contributed by atoms with E-state index in [1.54, 1.807) is 6.08 Å². The van der Waals surface area contributed by atoms with Crippen LogP contribution < -0.4 is 0 Å². The number of carbonyl (C=O) groups excluding carboxylic acids is 2. The summed E-state index contributed by atoms with van der Waals surface area (Å²) in [4.78, 5) is 24.3. The molecule has 4 rings (SSSR count). The molecule has 4 aliphatic rings. The van der Waals surface area contributed by atoms with Crippen LogP contribution in [0.25, 0.3) is 0 Å². The summed E-state index contributed by atoms with van der Waals surface area (Å²) in [5, 5.41) is 11.2. The second-order valence-corrected chi connectivity index (χ2v) is 8.62. The van der Waals surface area contributed by atoms with Gasteiger partial charge in [0, 0.05) is 48.6 Å². The number of Topliss-reactive ketones (excluding diaryl/α,β-unsaturated/α-hetero) is 1. The molecule has 0 spiro atoms. The summed E-state index contributed by atoms with van der Waals surface area (Å²) < 4.78 is 0. The Hall–Kier alpha value is -0.428. The van der Waals surface area contributed by atoms with Crippen molar-refractivity contribution < 1.29 is 45.8 Å². The predicted molar refractivity (Wildman–Crippen MR) is 96.5 cm³/mol. The van der Waals surface area contributed by atoms with Crippen LogP contribution in [0.4, 0.5) is 0 Å². The molecular formula is C22H27O3U-. The summed E-state index contributed by atoms with van der Waals surface area (Å²) in [5.41, 5.74) is 0.711. The van der Waals surface area contributed by atoms with E-state index in [0.29, 0.717) is 18.8 Å². The molecule has 0 bridgehead atoms. The van der Waals surface area contributed by atoms with E-state index in [4.69, 9.17) is 0 Å². The second kappa shape index (κ2) is 6.57. The summed E-state index contributed by atoms with van der Waals surface area (Å²) in [7, 11) is 0. The molecule has 138 valence electrons. The van der Waals surface area contributed by atoms with Crippen molar-refractivity contribution in [2.75, 3.05) is 0 Å². The Kier molecular flexibility index (Phi) is 5.14. The molecule has 0 aromatic rings. The summed E-state index contributed by atoms with van der Waals surface area (Å²) in [6, 6.07) is 0. The predicted octanol–water partition coefficient (Wildman–Crippen LogP) is 3.74. The average molecular weight is 577 g/mol. The van der Waals surface area contributed by atoms with Gasteiger partial charge >= 0.3 is 0 Å². The van der Waals surface area contributed by atoms with Gasteiger partial charge in [-0.1, -0.05) is 43.1 Å². The van der Waals surface area contributed by atoms with Gasteiger partial charge in [-0.15, -0.1) is 0 Å². The summed E-state index contributed by atoms with van der Waals surface area (Å²) in [5.74, 6) is 0.690. The van der Waals surface area contributed by atoms with Crippen LogP contribution in [0.15, 0.2) is 35.5 Å². The largest absolute Gasteiger partial charge is 0.414 e. The first-order valence-corrected chi connectivity index (χ1v) is 9.51. The minimum absolute atomic E-state index is 0. The number of fused-ring (bicyclic) bond motifs is 5. The van der Waals surface area contributed by atoms with Gasteiger partial charge < -0.3 is 5.11 Å². The van der Waals surface area contributed by atoms with E-state index in [0.717, 1.165) is 19.3 Å². The van der Waals surface area contributed by atoms with E-state index in [-0.39, 0.29) is 54.0 Å². The van der Waals surface area contributed by atoms with E-state index in [1.165, 1.54) is 11.1 Å². The maximum atomic E-state index is 12.5. The molecule has 2 saturated carbocycles. The van der Waals surface area contributed by atoms with Gasteiger partial charge in [-0.05, 0) is 49.7 Å². The Balaban J connectivity index is 0.00000196. The summed E-state index contributed by atoms with van der Waals surface area (Å²) in [6.45, 7) is 6.14. The van der Waals surface area contributed by atoms with Crippen molar-refractivity contribution in [1.82, 2.24) is 0 Å². The molecule has 4 heteroatoms. The van der Waals surface area contributed by atoms with Gasteiger partial charge in [0.05, 0.1) is 0 Å². The van der Waals surface area contributed by atoms with E-state index < -0.39 is 11.0 Å². The first-order chi connectivity index (χ1) is 11.8. The maximum absolute atomic E-state index is 12.5. The smallest absolute Gasteiger partial charge is 0.178 e. The number of ketones is 2. The van der Waals surface area contributed by atoms with Crippen LogP contribution in [-0.4, -0.2) is 22.3 Å². The van der Waals surface area contributed by atoms with E-state index in [9.17, 15) is 14.7 Å². The third-order valence-corrected chi connectivity index (χ3v) is 7.62. The van der Waals surface area contributed by atoms with Crippen LogP contribution in [0.3, 0.4) is 0 Å². The fourth-order valence-corrected chi connectivity index (χ4v) is 5.98. The van der Waals surface area contributed by atoms with Gasteiger partial charge in [-0.25, -0.2) is 0 Å². The van der Waals surface area contributed by atoms with Crippen LogP contribution in [0.5, 0.6) is 0 Å². The summed E-state index contributed by atoms with van der Waals surface area (Å²) >= 11 is 0. The van der Waals surface area contributed by atoms with Crippen molar-refractivity contribution in [3.05, 3.63) is 41.9 Å². The fourth-order valence-electron chi connectivity index (χ4n) is 5.98. The zero-order valence-corrected chi connectivity index (χ0v) is 20.0. The van der Waals surface area contributed by atoms with Gasteiger partial charge in [-0.3, -0.25) is 16.0 Å². The molecule has 2 unspecified atom stereocenters. The number of aliphatic hydroxyl groups is 1. The quantitative estimate of drug-likeness (QED) is 0.402. The van der Waals surface area contributed by atoms with Crippen LogP contribution in [0.2, 0.25) is 0 Å². The van der Waals surface area contributed by atoms with E-state index in [2.05, 4.69) is 26.0 Å². The van der Waals surface area contributed by atoms with E-state index in [1.807, 2.05) is 19.4 Å². The normalized spacial score (nSPS) is 43.5. The summed E-state index contributed by atoms with van der Waals surface area (Å²) in [6.07, 6.45) is 13.5. The SMILES string of the molecule is CCC(=O)[C@@]1(O)[CH-]CC2C3CCC4=CC(=O)C=C[C@]4(C)C3=CC[C@@]21C.[U]. The molecular weight excluding hydrogens is 550 g/mol. The minimum atomic E-state index is -1.30. The molecule has 0 amide bonds. The molecule has 3 nitrogen and oxygen atoms in total. The van der Waals surface area contributed by atoms with Crippen molar-refractivity contribution in [3.63, 3.8) is 0 Å². The van der Waals surface area contributed by atoms with Gasteiger partial charge in [-0.2, -0.15) is 6.42 Å². The van der Waals surface area contributed by atoms with Gasteiger partial charge in [0.15, 0.2) is 5.78 Å². The molecule has 0 heterocycles. The monoisotopic (exact) mass is 577 g/mol. The Morgan fingerprint density at radius 3 is 2.81 bits per heavy atom. The van der Waals surface area contributed by atoms with Gasteiger partial charge in [0.25, 0.3) is 0 Å². The molecule has 0 aromatic heterocycles. The average Bonchev–Trinajstić information content (AvgIpc) is 2.87. The Bertz CT molecular complexity index is 748. The zero-order valence-electron chi connectivity index (χ0n) is 15.8. The Labute approximate surface area is 179 Å². The first-order valence-electron chi connectivity index (χ1n) is 9.51. The van der Waals surface area contributed by atoms with Crippen LogP contribution >= 0.6 is 0 Å². The Morgan fingerprint density at radius 1 is 1.38 bits per heavy atom. The minimum Gasteiger partial charge on any atom is -0.414 e. The molecule has 0 saturated heterocycles. The Morgan fingerprint density at radius 2 is 2.12 bits per heavy atom. The van der Waals surface area contributed by atoms with Crippen molar-refractivity contribution in [1.29, 1.82) is 0 Å². The van der Waals surface area contributed by atoms with Crippen molar-refractivity contribution >= 4 is 11.6 Å². The molecule has 2 fully saturated rings. The molecule has 0 aromatic carbocycles. The molecule has 0 aliphatic heterocycles. The third-order valence-electron chi connectivity index (χ3n) is 7.62. The number of carbonyl (C=O) groups is 2.